The number of nitrogens with zero attached hydrogens (tertiary/aromatic N) is 3. The fourth-order valence-electron chi connectivity index (χ4n) is 4.45. The Bertz CT molecular complexity index is 1040. The molecule has 3 aliphatic heterocycles. The maximum absolute atomic E-state index is 12.7. The highest BCUT2D eigenvalue weighted by atomic mass is 16.8. The van der Waals surface area contributed by atoms with Crippen molar-refractivity contribution in [2.75, 3.05) is 75.1 Å². The van der Waals surface area contributed by atoms with Gasteiger partial charge in [-0.05, 0) is 27.2 Å². The Morgan fingerprint density at radius 3 is 2.20 bits per heavy atom. The molecule has 5 atom stereocenters. The molecule has 1 unspecified atom stereocenters. The highest BCUT2D eigenvalue weighted by Gasteiger charge is 2.55. The quantitative estimate of drug-likeness (QED) is 0.208. The van der Waals surface area contributed by atoms with Crippen LogP contribution in [0.25, 0.3) is 0 Å². The molecule has 0 spiro atoms. The molecule has 0 aromatic carbocycles. The van der Waals surface area contributed by atoms with Gasteiger partial charge in [0.1, 0.15) is 31.8 Å². The van der Waals surface area contributed by atoms with Crippen molar-refractivity contribution in [2.45, 2.75) is 58.0 Å². The smallest absolute Gasteiger partial charge is 0.334 e. The third-order valence-electron chi connectivity index (χ3n) is 6.30. The van der Waals surface area contributed by atoms with Crippen molar-refractivity contribution in [3.63, 3.8) is 0 Å². The molecule has 2 N–H and O–H groups in total. The summed E-state index contributed by atoms with van der Waals surface area (Å²) in [5, 5.41) is 6.60. The molecule has 1 aromatic heterocycles. The Balaban J connectivity index is 1.61. The van der Waals surface area contributed by atoms with Gasteiger partial charge in [0.2, 0.25) is 12.4 Å². The number of rotatable bonds is 15. The molecule has 4 rings (SSSR count). The third-order valence-corrected chi connectivity index (χ3v) is 6.30. The normalized spacial score (nSPS) is 25.0. The topological polar surface area (TPSA) is 178 Å². The van der Waals surface area contributed by atoms with Crippen LogP contribution < -0.4 is 15.5 Å². The lowest BCUT2D eigenvalue weighted by Crippen LogP contribution is -2.48. The number of ether oxygens (including phenoxy) is 8. The molecule has 1 aromatic rings. The first-order valence-corrected chi connectivity index (χ1v) is 13.6. The fourth-order valence-corrected chi connectivity index (χ4v) is 4.45. The number of hydrogen-bond donors (Lipinski definition) is 2. The van der Waals surface area contributed by atoms with Gasteiger partial charge in [-0.15, -0.1) is 0 Å². The minimum Gasteiger partial charge on any atom is -0.452 e. The lowest BCUT2D eigenvalue weighted by Gasteiger charge is -2.29. The number of nitrogens with one attached hydrogen (secondary N) is 2. The Morgan fingerprint density at radius 2 is 1.59 bits per heavy atom. The van der Waals surface area contributed by atoms with Gasteiger partial charge in [0, 0.05) is 26.4 Å². The van der Waals surface area contributed by atoms with Gasteiger partial charge in [-0.2, -0.15) is 0 Å². The Morgan fingerprint density at radius 1 is 0.951 bits per heavy atom. The van der Waals surface area contributed by atoms with Crippen LogP contribution in [0.1, 0.15) is 27.2 Å². The van der Waals surface area contributed by atoms with E-state index < -0.39 is 42.6 Å². The first kappa shape index (κ1) is 30.6. The number of anilines is 3. The van der Waals surface area contributed by atoms with Gasteiger partial charge in [0.05, 0.1) is 19.3 Å². The number of fused-ring (bicyclic) bond motifs is 1. The molecule has 41 heavy (non-hydrogen) atoms. The van der Waals surface area contributed by atoms with E-state index in [0.717, 1.165) is 6.42 Å². The van der Waals surface area contributed by atoms with Gasteiger partial charge in [-0.1, -0.05) is 0 Å². The minimum absolute atomic E-state index is 0.0862. The zero-order chi connectivity index (χ0) is 29.2. The summed E-state index contributed by atoms with van der Waals surface area (Å²) >= 11 is 0. The first-order chi connectivity index (χ1) is 19.9. The second kappa shape index (κ2) is 15.1. The second-order valence-electron chi connectivity index (χ2n) is 9.14. The summed E-state index contributed by atoms with van der Waals surface area (Å²) in [7, 11) is 0. The number of hydrogen-bond acceptors (Lipinski definition) is 16. The molecule has 2 saturated heterocycles. The van der Waals surface area contributed by atoms with E-state index >= 15 is 0 Å². The van der Waals surface area contributed by atoms with Crippen LogP contribution in [0.15, 0.2) is 6.33 Å². The Kier molecular flexibility index (Phi) is 11.3. The largest absolute Gasteiger partial charge is 0.452 e. The van der Waals surface area contributed by atoms with Gasteiger partial charge in [0.25, 0.3) is 0 Å². The summed E-state index contributed by atoms with van der Waals surface area (Å²) < 4.78 is 43.9. The molecule has 0 radical (unpaired) electrons. The zero-order valence-corrected chi connectivity index (χ0v) is 23.4. The number of esters is 3. The molecule has 0 aliphatic carbocycles. The highest BCUT2D eigenvalue weighted by Crippen LogP contribution is 2.40. The van der Waals surface area contributed by atoms with Gasteiger partial charge in [-0.25, -0.2) is 24.4 Å². The third kappa shape index (κ3) is 7.91. The van der Waals surface area contributed by atoms with Crippen LogP contribution in [-0.2, 0) is 52.3 Å². The van der Waals surface area contributed by atoms with Crippen molar-refractivity contribution >= 4 is 35.2 Å². The van der Waals surface area contributed by atoms with E-state index in [9.17, 15) is 14.4 Å². The van der Waals surface area contributed by atoms with Gasteiger partial charge < -0.3 is 53.4 Å². The molecule has 0 saturated carbocycles. The van der Waals surface area contributed by atoms with Crippen molar-refractivity contribution in [2.24, 2.45) is 0 Å². The molecular formula is C25H37N5O11. The van der Waals surface area contributed by atoms with E-state index in [2.05, 4.69) is 20.6 Å². The molecule has 2 fully saturated rings. The van der Waals surface area contributed by atoms with E-state index in [-0.39, 0.29) is 52.4 Å². The van der Waals surface area contributed by atoms with Crippen LogP contribution in [-0.4, -0.2) is 118 Å². The number of aromatic nitrogens is 2. The van der Waals surface area contributed by atoms with Gasteiger partial charge >= 0.3 is 17.9 Å². The van der Waals surface area contributed by atoms with Crippen LogP contribution in [0.3, 0.4) is 0 Å². The van der Waals surface area contributed by atoms with Crippen molar-refractivity contribution in [3.05, 3.63) is 6.33 Å². The van der Waals surface area contributed by atoms with Crippen LogP contribution in [0.2, 0.25) is 0 Å². The van der Waals surface area contributed by atoms with Gasteiger partial charge in [-0.3, -0.25) is 0 Å². The summed E-state index contributed by atoms with van der Waals surface area (Å²) in [4.78, 5) is 48.2. The van der Waals surface area contributed by atoms with E-state index in [1.807, 2.05) is 0 Å². The number of carbonyl (C=O) groups excluding carboxylic acids is 3. The van der Waals surface area contributed by atoms with Crippen LogP contribution in [0, 0.1) is 0 Å². The second-order valence-corrected chi connectivity index (χ2v) is 9.14. The lowest BCUT2D eigenvalue weighted by atomic mass is 10.2. The average Bonchev–Trinajstić information content (AvgIpc) is 3.70. The molecule has 4 heterocycles. The highest BCUT2D eigenvalue weighted by molar-refractivity contribution is 5.82. The molecule has 0 bridgehead atoms. The maximum atomic E-state index is 12.7. The summed E-state index contributed by atoms with van der Waals surface area (Å²) in [5.74, 6) is -1.23. The van der Waals surface area contributed by atoms with Crippen LogP contribution in [0.4, 0.5) is 17.3 Å². The Hall–Kier alpha value is -3.31. The molecule has 16 heteroatoms. The lowest BCUT2D eigenvalue weighted by molar-refractivity contribution is -0.202. The summed E-state index contributed by atoms with van der Waals surface area (Å²) in [6, 6.07) is 0.0862. The van der Waals surface area contributed by atoms with E-state index in [0.29, 0.717) is 30.5 Å². The number of carbonyl (C=O) groups is 3. The molecule has 0 amide bonds. The van der Waals surface area contributed by atoms with E-state index in [4.69, 9.17) is 37.9 Å². The molecule has 3 aliphatic rings. The molecule has 16 nitrogen and oxygen atoms in total. The first-order valence-electron chi connectivity index (χ1n) is 13.6. The van der Waals surface area contributed by atoms with Crippen molar-refractivity contribution in [1.82, 2.24) is 9.97 Å². The fraction of sp³-hybridized carbons (Fsp3) is 0.720. The maximum Gasteiger partial charge on any atom is 0.334 e. The van der Waals surface area contributed by atoms with Crippen LogP contribution >= 0.6 is 0 Å². The molecule has 228 valence electrons. The van der Waals surface area contributed by atoms with Crippen LogP contribution in [0.5, 0.6) is 0 Å². The standard InChI is InChI=1S/C25H37N5O11/c1-4-34-10-16(31)38-20-21(39-17(32)11-35-5-2)25(40-18(33)12-36-6-3)41-24(20)30-14-28-19-22(26-13-27-23(19)30)29-15-7-8-37-9-15/h13,15,20-21,24-25,28H,4-12,14H2,1-3H3,(H,26,27,29)/t15-,20-,21+,24?,25+/m1/s1. The zero-order valence-electron chi connectivity index (χ0n) is 23.4. The summed E-state index contributed by atoms with van der Waals surface area (Å²) in [6.07, 6.45) is -2.86. The van der Waals surface area contributed by atoms with Crippen molar-refractivity contribution in [1.29, 1.82) is 0 Å². The minimum atomic E-state index is -1.43. The van der Waals surface area contributed by atoms with E-state index in [1.54, 1.807) is 25.7 Å². The average molecular weight is 584 g/mol. The summed E-state index contributed by atoms with van der Waals surface area (Å²) in [6.45, 7) is 6.35. The van der Waals surface area contributed by atoms with Crippen molar-refractivity contribution < 1.29 is 52.3 Å². The summed E-state index contributed by atoms with van der Waals surface area (Å²) in [5.41, 5.74) is 0.601. The van der Waals surface area contributed by atoms with Gasteiger partial charge in [0.15, 0.2) is 24.0 Å². The van der Waals surface area contributed by atoms with E-state index in [1.165, 1.54) is 6.33 Å². The predicted molar refractivity (Wildman–Crippen MR) is 140 cm³/mol. The monoisotopic (exact) mass is 583 g/mol. The Labute approximate surface area is 237 Å². The molecular weight excluding hydrogens is 546 g/mol. The predicted octanol–water partition coefficient (Wildman–Crippen LogP) is 0.0255. The van der Waals surface area contributed by atoms with Crippen molar-refractivity contribution in [3.8, 4) is 0 Å². The SMILES string of the molecule is CCOCC(=O)O[C@H]1OC(N2CNc3c(N[C@@H]4CCOC4)ncnc32)[C@H](OC(=O)COCC)[C@@H]1OC(=O)COCC.